The van der Waals surface area contributed by atoms with Gasteiger partial charge in [0, 0.05) is 5.69 Å². The fraction of sp³-hybridized carbons (Fsp3) is 0.100. The van der Waals surface area contributed by atoms with Crippen LogP contribution in [0.3, 0.4) is 0 Å². The standard InChI is InChI=1S/C20H16ClFN2O2S/c1-11-4-3-5-14(8-11)23-20(26)18-12(2)9-17(27-18)24-19(25)15-7-6-13(22)10-16(15)21/h3-10H,1-2H3,(H,23,26)(H,24,25). The molecule has 138 valence electrons. The normalized spacial score (nSPS) is 10.5. The highest BCUT2D eigenvalue weighted by Gasteiger charge is 2.17. The first kappa shape index (κ1) is 19.1. The van der Waals surface area contributed by atoms with Gasteiger partial charge in [0.1, 0.15) is 5.82 Å². The van der Waals surface area contributed by atoms with Crippen molar-refractivity contribution in [2.24, 2.45) is 0 Å². The molecule has 0 aliphatic carbocycles. The average Bonchev–Trinajstić information content (AvgIpc) is 2.95. The molecular formula is C20H16ClFN2O2S. The zero-order valence-electron chi connectivity index (χ0n) is 14.6. The quantitative estimate of drug-likeness (QED) is 0.591. The van der Waals surface area contributed by atoms with Gasteiger partial charge in [-0.1, -0.05) is 23.7 Å². The monoisotopic (exact) mass is 402 g/mol. The summed E-state index contributed by atoms with van der Waals surface area (Å²) in [6.07, 6.45) is 0. The molecule has 27 heavy (non-hydrogen) atoms. The van der Waals surface area contributed by atoms with Gasteiger partial charge in [0.15, 0.2) is 0 Å². The molecule has 0 bridgehead atoms. The molecule has 0 radical (unpaired) electrons. The van der Waals surface area contributed by atoms with Crippen molar-refractivity contribution < 1.29 is 14.0 Å². The van der Waals surface area contributed by atoms with Crippen LogP contribution in [0.25, 0.3) is 0 Å². The zero-order chi connectivity index (χ0) is 19.6. The van der Waals surface area contributed by atoms with Crippen molar-refractivity contribution in [3.05, 3.63) is 80.9 Å². The van der Waals surface area contributed by atoms with Crippen LogP contribution in [0.1, 0.15) is 31.2 Å². The molecule has 0 aliphatic heterocycles. The van der Waals surface area contributed by atoms with E-state index >= 15 is 0 Å². The average molecular weight is 403 g/mol. The minimum absolute atomic E-state index is 0.0261. The van der Waals surface area contributed by atoms with E-state index in [1.54, 1.807) is 13.0 Å². The summed E-state index contributed by atoms with van der Waals surface area (Å²) >= 11 is 7.08. The van der Waals surface area contributed by atoms with E-state index in [1.807, 2.05) is 31.2 Å². The third-order valence-corrected chi connectivity index (χ3v) is 5.28. The van der Waals surface area contributed by atoms with Gasteiger partial charge in [-0.3, -0.25) is 9.59 Å². The molecule has 0 fully saturated rings. The lowest BCUT2D eigenvalue weighted by Crippen LogP contribution is -2.12. The van der Waals surface area contributed by atoms with E-state index in [2.05, 4.69) is 10.6 Å². The highest BCUT2D eigenvalue weighted by atomic mass is 35.5. The molecule has 0 aliphatic rings. The van der Waals surface area contributed by atoms with E-state index in [0.717, 1.165) is 28.5 Å². The van der Waals surface area contributed by atoms with Gasteiger partial charge in [-0.15, -0.1) is 11.3 Å². The number of aryl methyl sites for hydroxylation is 2. The molecule has 7 heteroatoms. The maximum atomic E-state index is 13.1. The number of rotatable bonds is 4. The Morgan fingerprint density at radius 3 is 2.48 bits per heavy atom. The van der Waals surface area contributed by atoms with Crippen molar-refractivity contribution in [3.8, 4) is 0 Å². The number of anilines is 2. The molecule has 0 saturated heterocycles. The lowest BCUT2D eigenvalue weighted by molar-refractivity contribution is 0.102. The first-order valence-electron chi connectivity index (χ1n) is 8.08. The fourth-order valence-corrected chi connectivity index (χ4v) is 3.75. The Morgan fingerprint density at radius 1 is 1.00 bits per heavy atom. The Morgan fingerprint density at radius 2 is 1.78 bits per heavy atom. The van der Waals surface area contributed by atoms with E-state index in [0.29, 0.717) is 15.6 Å². The van der Waals surface area contributed by atoms with Crippen molar-refractivity contribution in [1.29, 1.82) is 0 Å². The Hall–Kier alpha value is -2.70. The Bertz CT molecular complexity index is 1030. The molecule has 2 aromatic carbocycles. The smallest absolute Gasteiger partial charge is 0.266 e. The summed E-state index contributed by atoms with van der Waals surface area (Å²) in [7, 11) is 0. The van der Waals surface area contributed by atoms with E-state index < -0.39 is 11.7 Å². The third-order valence-electron chi connectivity index (χ3n) is 3.81. The minimum atomic E-state index is -0.515. The lowest BCUT2D eigenvalue weighted by atomic mass is 10.2. The number of nitrogens with one attached hydrogen (secondary N) is 2. The molecule has 2 N–H and O–H groups in total. The molecule has 1 heterocycles. The number of amides is 2. The maximum Gasteiger partial charge on any atom is 0.266 e. The van der Waals surface area contributed by atoms with Crippen LogP contribution in [0.5, 0.6) is 0 Å². The summed E-state index contributed by atoms with van der Waals surface area (Å²) in [6, 6.07) is 12.8. The van der Waals surface area contributed by atoms with Crippen LogP contribution in [-0.2, 0) is 0 Å². The van der Waals surface area contributed by atoms with Gasteiger partial charge in [0.2, 0.25) is 0 Å². The first-order chi connectivity index (χ1) is 12.8. The van der Waals surface area contributed by atoms with E-state index in [1.165, 1.54) is 12.1 Å². The number of thiophene rings is 1. The topological polar surface area (TPSA) is 58.2 Å². The van der Waals surface area contributed by atoms with E-state index in [9.17, 15) is 14.0 Å². The molecule has 2 amide bonds. The highest BCUT2D eigenvalue weighted by Crippen LogP contribution is 2.29. The summed E-state index contributed by atoms with van der Waals surface area (Å²) in [6.45, 7) is 3.74. The van der Waals surface area contributed by atoms with E-state index in [4.69, 9.17) is 11.6 Å². The largest absolute Gasteiger partial charge is 0.321 e. The van der Waals surface area contributed by atoms with Crippen LogP contribution in [0.15, 0.2) is 48.5 Å². The van der Waals surface area contributed by atoms with E-state index in [-0.39, 0.29) is 16.5 Å². The minimum Gasteiger partial charge on any atom is -0.321 e. The summed E-state index contributed by atoms with van der Waals surface area (Å²) in [5.74, 6) is -1.23. The number of carbonyl (C=O) groups is 2. The van der Waals surface area contributed by atoms with Crippen LogP contribution in [0, 0.1) is 19.7 Å². The van der Waals surface area contributed by atoms with Gasteiger partial charge in [-0.2, -0.15) is 0 Å². The molecule has 0 spiro atoms. The maximum absolute atomic E-state index is 13.1. The number of carbonyl (C=O) groups excluding carboxylic acids is 2. The summed E-state index contributed by atoms with van der Waals surface area (Å²) in [5.41, 5.74) is 2.65. The lowest BCUT2D eigenvalue weighted by Gasteiger charge is -2.05. The fourth-order valence-electron chi connectivity index (χ4n) is 2.53. The molecule has 0 atom stereocenters. The molecule has 3 rings (SSSR count). The van der Waals surface area contributed by atoms with Crippen LogP contribution in [0.2, 0.25) is 5.02 Å². The summed E-state index contributed by atoms with van der Waals surface area (Å²) in [5, 5.41) is 6.08. The molecule has 3 aromatic rings. The van der Waals surface area contributed by atoms with Crippen LogP contribution < -0.4 is 10.6 Å². The van der Waals surface area contributed by atoms with Gasteiger partial charge in [0.25, 0.3) is 11.8 Å². The highest BCUT2D eigenvalue weighted by molar-refractivity contribution is 7.18. The van der Waals surface area contributed by atoms with Gasteiger partial charge >= 0.3 is 0 Å². The molecule has 0 unspecified atom stereocenters. The SMILES string of the molecule is Cc1cccc(NC(=O)c2sc(NC(=O)c3ccc(F)cc3Cl)cc2C)c1. The van der Waals surface area contributed by atoms with Gasteiger partial charge in [-0.05, 0) is 61.4 Å². The Balaban J connectivity index is 1.75. The van der Waals surface area contributed by atoms with Crippen LogP contribution >= 0.6 is 22.9 Å². The van der Waals surface area contributed by atoms with Crippen molar-refractivity contribution in [1.82, 2.24) is 0 Å². The number of halogens is 2. The van der Waals surface area contributed by atoms with Crippen molar-refractivity contribution in [3.63, 3.8) is 0 Å². The third kappa shape index (κ3) is 4.53. The molecular weight excluding hydrogens is 387 g/mol. The zero-order valence-corrected chi connectivity index (χ0v) is 16.2. The predicted molar refractivity (Wildman–Crippen MR) is 108 cm³/mol. The second kappa shape index (κ2) is 7.90. The Labute approximate surface area is 165 Å². The molecule has 0 saturated carbocycles. The predicted octanol–water partition coefficient (Wildman–Crippen LogP) is 5.66. The second-order valence-corrected chi connectivity index (χ2v) is 7.48. The van der Waals surface area contributed by atoms with Gasteiger partial charge < -0.3 is 10.6 Å². The number of hydrogen-bond donors (Lipinski definition) is 2. The molecule has 4 nitrogen and oxygen atoms in total. The van der Waals surface area contributed by atoms with Gasteiger partial charge in [0.05, 0.1) is 20.5 Å². The summed E-state index contributed by atoms with van der Waals surface area (Å²) in [4.78, 5) is 25.4. The second-order valence-electron chi connectivity index (χ2n) is 6.02. The van der Waals surface area contributed by atoms with Crippen molar-refractivity contribution >= 4 is 45.4 Å². The number of hydrogen-bond acceptors (Lipinski definition) is 3. The number of benzene rings is 2. The van der Waals surface area contributed by atoms with Crippen LogP contribution in [0.4, 0.5) is 15.1 Å². The van der Waals surface area contributed by atoms with Gasteiger partial charge in [-0.25, -0.2) is 4.39 Å². The summed E-state index contributed by atoms with van der Waals surface area (Å²) < 4.78 is 13.1. The van der Waals surface area contributed by atoms with Crippen molar-refractivity contribution in [2.75, 3.05) is 10.6 Å². The Kier molecular flexibility index (Phi) is 5.58. The van der Waals surface area contributed by atoms with Crippen LogP contribution in [-0.4, -0.2) is 11.8 Å². The molecule has 1 aromatic heterocycles. The van der Waals surface area contributed by atoms with Crippen molar-refractivity contribution in [2.45, 2.75) is 13.8 Å². The first-order valence-corrected chi connectivity index (χ1v) is 9.28.